The summed E-state index contributed by atoms with van der Waals surface area (Å²) in [4.78, 5) is 15.4. The quantitative estimate of drug-likeness (QED) is 0.797. The third kappa shape index (κ3) is 5.00. The molecule has 5 nitrogen and oxygen atoms in total. The van der Waals surface area contributed by atoms with Gasteiger partial charge in [0.05, 0.1) is 0 Å². The average molecular weight is 271 g/mol. The van der Waals surface area contributed by atoms with Crippen molar-refractivity contribution in [2.24, 2.45) is 11.8 Å². The van der Waals surface area contributed by atoms with Crippen molar-refractivity contribution in [2.75, 3.05) is 5.32 Å². The standard InChI is InChI=1S/C12H21N3O2S/c1-7(2)5-9(11(16)17)13-12-14-10(15-18-12)6-8(3)4/h7-9H,5-6H2,1-4H3,(H,16,17)(H,13,14,15). The largest absolute Gasteiger partial charge is 0.480 e. The molecule has 0 saturated heterocycles. The molecule has 1 rings (SSSR count). The van der Waals surface area contributed by atoms with Crippen molar-refractivity contribution in [2.45, 2.75) is 46.6 Å². The van der Waals surface area contributed by atoms with E-state index in [9.17, 15) is 4.79 Å². The summed E-state index contributed by atoms with van der Waals surface area (Å²) in [6, 6.07) is -0.593. The van der Waals surface area contributed by atoms with E-state index in [1.54, 1.807) is 0 Å². The van der Waals surface area contributed by atoms with Crippen molar-refractivity contribution in [1.82, 2.24) is 9.36 Å². The van der Waals surface area contributed by atoms with Gasteiger partial charge in [0.15, 0.2) is 0 Å². The molecular weight excluding hydrogens is 250 g/mol. The molecule has 0 spiro atoms. The molecule has 0 amide bonds. The first kappa shape index (κ1) is 14.9. The number of nitrogens with one attached hydrogen (secondary N) is 1. The summed E-state index contributed by atoms with van der Waals surface area (Å²) in [5, 5.41) is 12.7. The Kier molecular flexibility index (Phi) is 5.53. The van der Waals surface area contributed by atoms with Crippen LogP contribution in [0.25, 0.3) is 0 Å². The van der Waals surface area contributed by atoms with Gasteiger partial charge in [-0.15, -0.1) is 0 Å². The van der Waals surface area contributed by atoms with Gasteiger partial charge in [-0.1, -0.05) is 27.7 Å². The number of aliphatic carboxylic acids is 1. The van der Waals surface area contributed by atoms with E-state index >= 15 is 0 Å². The summed E-state index contributed by atoms with van der Waals surface area (Å²) in [6.45, 7) is 8.21. The molecule has 18 heavy (non-hydrogen) atoms. The van der Waals surface area contributed by atoms with Crippen LogP contribution in [0.15, 0.2) is 0 Å². The molecule has 0 aliphatic rings. The fourth-order valence-corrected chi connectivity index (χ4v) is 2.25. The zero-order valence-electron chi connectivity index (χ0n) is 11.3. The maximum absolute atomic E-state index is 11.1. The second-order valence-corrected chi connectivity index (χ2v) is 6.03. The summed E-state index contributed by atoms with van der Waals surface area (Å²) in [5.41, 5.74) is 0. The molecular formula is C12H21N3O2S. The molecule has 102 valence electrons. The van der Waals surface area contributed by atoms with Crippen LogP contribution in [0.1, 0.15) is 39.9 Å². The highest BCUT2D eigenvalue weighted by molar-refractivity contribution is 7.09. The van der Waals surface area contributed by atoms with Gasteiger partial charge in [0.1, 0.15) is 11.9 Å². The SMILES string of the molecule is CC(C)Cc1nsc(NC(CC(C)C)C(=O)O)n1. The van der Waals surface area contributed by atoms with Gasteiger partial charge in [-0.2, -0.15) is 4.37 Å². The molecule has 2 N–H and O–H groups in total. The minimum Gasteiger partial charge on any atom is -0.480 e. The highest BCUT2D eigenvalue weighted by Crippen LogP contribution is 2.17. The van der Waals surface area contributed by atoms with Gasteiger partial charge in [-0.3, -0.25) is 0 Å². The van der Waals surface area contributed by atoms with Crippen LogP contribution in [0.5, 0.6) is 0 Å². The lowest BCUT2D eigenvalue weighted by atomic mass is 10.0. The summed E-state index contributed by atoms with van der Waals surface area (Å²) in [7, 11) is 0. The Balaban J connectivity index is 2.63. The monoisotopic (exact) mass is 271 g/mol. The molecule has 1 aromatic heterocycles. The van der Waals surface area contributed by atoms with Crippen molar-refractivity contribution >= 4 is 22.6 Å². The number of carboxylic acid groups (broad SMARTS) is 1. The Morgan fingerprint density at radius 2 is 2.00 bits per heavy atom. The fraction of sp³-hybridized carbons (Fsp3) is 0.750. The molecule has 0 fully saturated rings. The van der Waals surface area contributed by atoms with Crippen molar-refractivity contribution in [3.05, 3.63) is 5.82 Å². The Bertz CT molecular complexity index is 390. The van der Waals surface area contributed by atoms with Crippen LogP contribution in [0.2, 0.25) is 0 Å². The van der Waals surface area contributed by atoms with E-state index < -0.39 is 12.0 Å². The van der Waals surface area contributed by atoms with Gasteiger partial charge in [-0.05, 0) is 18.3 Å². The van der Waals surface area contributed by atoms with Gasteiger partial charge in [-0.25, -0.2) is 9.78 Å². The fourth-order valence-electron chi connectivity index (χ4n) is 1.60. The Morgan fingerprint density at radius 1 is 1.33 bits per heavy atom. The third-order valence-corrected chi connectivity index (χ3v) is 3.05. The zero-order chi connectivity index (χ0) is 13.7. The van der Waals surface area contributed by atoms with E-state index in [1.807, 2.05) is 13.8 Å². The maximum Gasteiger partial charge on any atom is 0.326 e. The van der Waals surface area contributed by atoms with Crippen LogP contribution in [0, 0.1) is 11.8 Å². The van der Waals surface area contributed by atoms with Crippen molar-refractivity contribution in [1.29, 1.82) is 0 Å². The maximum atomic E-state index is 11.1. The van der Waals surface area contributed by atoms with E-state index in [2.05, 4.69) is 28.5 Å². The number of carbonyl (C=O) groups is 1. The number of hydrogen-bond acceptors (Lipinski definition) is 5. The number of rotatable bonds is 7. The van der Waals surface area contributed by atoms with Gasteiger partial charge in [0.2, 0.25) is 5.13 Å². The third-order valence-electron chi connectivity index (χ3n) is 2.36. The normalized spacial score (nSPS) is 13.0. The average Bonchev–Trinajstić information content (AvgIpc) is 2.62. The molecule has 0 aliphatic carbocycles. The summed E-state index contributed by atoms with van der Waals surface area (Å²) < 4.78 is 4.22. The Hall–Kier alpha value is -1.17. The number of carboxylic acids is 1. The minimum absolute atomic E-state index is 0.321. The number of aromatic nitrogens is 2. The number of anilines is 1. The lowest BCUT2D eigenvalue weighted by molar-refractivity contribution is -0.138. The van der Waals surface area contributed by atoms with Crippen LogP contribution < -0.4 is 5.32 Å². The highest BCUT2D eigenvalue weighted by Gasteiger charge is 2.20. The van der Waals surface area contributed by atoms with Gasteiger partial charge >= 0.3 is 5.97 Å². The predicted octanol–water partition coefficient (Wildman–Crippen LogP) is 2.65. The number of nitrogens with zero attached hydrogens (tertiary/aromatic N) is 2. The van der Waals surface area contributed by atoms with E-state index in [1.165, 1.54) is 11.5 Å². The molecule has 6 heteroatoms. The summed E-state index contributed by atoms with van der Waals surface area (Å²) >= 11 is 1.23. The molecule has 1 atom stereocenters. The zero-order valence-corrected chi connectivity index (χ0v) is 12.1. The van der Waals surface area contributed by atoms with E-state index in [-0.39, 0.29) is 0 Å². The molecule has 1 aromatic rings. The second kappa shape index (κ2) is 6.68. The lowest BCUT2D eigenvalue weighted by Crippen LogP contribution is -2.30. The number of hydrogen-bond donors (Lipinski definition) is 2. The second-order valence-electron chi connectivity index (χ2n) is 5.28. The molecule has 0 saturated carbocycles. The van der Waals surface area contributed by atoms with Crippen LogP contribution in [-0.4, -0.2) is 26.5 Å². The predicted molar refractivity (Wildman–Crippen MR) is 73.0 cm³/mol. The topological polar surface area (TPSA) is 75.1 Å². The van der Waals surface area contributed by atoms with Gasteiger partial charge in [0, 0.05) is 18.0 Å². The highest BCUT2D eigenvalue weighted by atomic mass is 32.1. The molecule has 0 aromatic carbocycles. The Morgan fingerprint density at radius 3 is 2.50 bits per heavy atom. The molecule has 0 aliphatic heterocycles. The van der Waals surface area contributed by atoms with Crippen molar-refractivity contribution in [3.8, 4) is 0 Å². The van der Waals surface area contributed by atoms with Gasteiger partial charge in [0.25, 0.3) is 0 Å². The van der Waals surface area contributed by atoms with Crippen LogP contribution >= 0.6 is 11.5 Å². The van der Waals surface area contributed by atoms with E-state index in [0.717, 1.165) is 12.2 Å². The first-order valence-electron chi connectivity index (χ1n) is 6.20. The molecule has 1 heterocycles. The summed E-state index contributed by atoms with van der Waals surface area (Å²) in [5.74, 6) is 0.760. The van der Waals surface area contributed by atoms with Crippen LogP contribution in [0.4, 0.5) is 5.13 Å². The molecule has 0 radical (unpaired) electrons. The van der Waals surface area contributed by atoms with E-state index in [4.69, 9.17) is 5.11 Å². The van der Waals surface area contributed by atoms with Crippen molar-refractivity contribution in [3.63, 3.8) is 0 Å². The smallest absolute Gasteiger partial charge is 0.326 e. The molecule has 1 unspecified atom stereocenters. The summed E-state index contributed by atoms with van der Waals surface area (Å²) in [6.07, 6.45) is 1.40. The van der Waals surface area contributed by atoms with Crippen LogP contribution in [0.3, 0.4) is 0 Å². The lowest BCUT2D eigenvalue weighted by Gasteiger charge is -2.15. The van der Waals surface area contributed by atoms with Gasteiger partial charge < -0.3 is 10.4 Å². The van der Waals surface area contributed by atoms with Crippen molar-refractivity contribution < 1.29 is 9.90 Å². The molecule has 0 bridgehead atoms. The minimum atomic E-state index is -0.843. The first-order valence-corrected chi connectivity index (χ1v) is 6.97. The van der Waals surface area contributed by atoms with Crippen LogP contribution in [-0.2, 0) is 11.2 Å². The van der Waals surface area contributed by atoms with E-state index in [0.29, 0.717) is 23.4 Å². The first-order chi connectivity index (χ1) is 8.38. The Labute approximate surface area is 112 Å².